The number of sulfonamides is 1. The molecule has 0 radical (unpaired) electrons. The van der Waals surface area contributed by atoms with E-state index in [0.717, 1.165) is 51.4 Å². The van der Waals surface area contributed by atoms with E-state index in [1.165, 1.54) is 0 Å². The van der Waals surface area contributed by atoms with Gasteiger partial charge >= 0.3 is 0 Å². The van der Waals surface area contributed by atoms with E-state index >= 15 is 0 Å². The molecule has 8 heteroatoms. The second kappa shape index (κ2) is 9.43. The van der Waals surface area contributed by atoms with Crippen molar-refractivity contribution in [2.24, 2.45) is 7.05 Å². The summed E-state index contributed by atoms with van der Waals surface area (Å²) in [5.74, 6) is 0.458. The Morgan fingerprint density at radius 3 is 2.34 bits per heavy atom. The molecular formula is C24H35N3O4S. The van der Waals surface area contributed by atoms with Gasteiger partial charge in [0.25, 0.3) is 5.91 Å². The molecule has 1 amide bonds. The molecule has 2 aromatic rings. The molecule has 1 saturated heterocycles. The molecule has 1 aliphatic carbocycles. The van der Waals surface area contributed by atoms with Gasteiger partial charge in [0.15, 0.2) is 0 Å². The van der Waals surface area contributed by atoms with Crippen LogP contribution in [0.4, 0.5) is 0 Å². The first kappa shape index (κ1) is 23.1. The summed E-state index contributed by atoms with van der Waals surface area (Å²) in [5.41, 5.74) is 1.66. The monoisotopic (exact) mass is 461 g/mol. The van der Waals surface area contributed by atoms with Crippen molar-refractivity contribution in [2.45, 2.75) is 82.7 Å². The highest BCUT2D eigenvalue weighted by molar-refractivity contribution is 7.89. The van der Waals surface area contributed by atoms with Gasteiger partial charge in [0.05, 0.1) is 18.4 Å². The lowest BCUT2D eigenvalue weighted by Crippen LogP contribution is -2.42. The number of likely N-dealkylation sites (tertiary alicyclic amines) is 1. The predicted molar refractivity (Wildman–Crippen MR) is 123 cm³/mol. The average Bonchev–Trinajstić information content (AvgIpc) is 3.40. The first-order valence-electron chi connectivity index (χ1n) is 11.8. The summed E-state index contributed by atoms with van der Waals surface area (Å²) in [6.07, 6.45) is 9.44. The van der Waals surface area contributed by atoms with Crippen molar-refractivity contribution in [1.29, 1.82) is 0 Å². The summed E-state index contributed by atoms with van der Waals surface area (Å²) < 4.78 is 37.5. The molecule has 7 nitrogen and oxygen atoms in total. The minimum atomic E-state index is -3.92. The maximum absolute atomic E-state index is 14.3. The first-order chi connectivity index (χ1) is 15.3. The lowest BCUT2D eigenvalue weighted by molar-refractivity contribution is 0.0719. The molecule has 32 heavy (non-hydrogen) atoms. The van der Waals surface area contributed by atoms with Crippen LogP contribution >= 0.6 is 0 Å². The van der Waals surface area contributed by atoms with E-state index < -0.39 is 10.0 Å². The highest BCUT2D eigenvalue weighted by Gasteiger charge is 2.40. The summed E-state index contributed by atoms with van der Waals surface area (Å²) in [4.78, 5) is 15.6. The van der Waals surface area contributed by atoms with Crippen molar-refractivity contribution in [2.75, 3.05) is 13.1 Å². The Bertz CT molecular complexity index is 1040. The predicted octanol–water partition coefficient (Wildman–Crippen LogP) is 4.38. The summed E-state index contributed by atoms with van der Waals surface area (Å²) in [5, 5.41) is 0. The molecule has 0 aromatic carbocycles. The number of hydrogen-bond donors (Lipinski definition) is 0. The molecule has 3 heterocycles. The Kier molecular flexibility index (Phi) is 6.81. The fourth-order valence-corrected chi connectivity index (χ4v) is 7.33. The van der Waals surface area contributed by atoms with E-state index in [0.29, 0.717) is 35.8 Å². The molecule has 0 atom stereocenters. The van der Waals surface area contributed by atoms with Crippen molar-refractivity contribution in [3.63, 3.8) is 0 Å². The third kappa shape index (κ3) is 4.27. The van der Waals surface area contributed by atoms with Crippen LogP contribution in [0, 0.1) is 13.8 Å². The zero-order valence-corrected chi connectivity index (χ0v) is 20.3. The fourth-order valence-electron chi connectivity index (χ4n) is 5.19. The molecule has 0 N–H and O–H groups in total. The van der Waals surface area contributed by atoms with E-state index in [2.05, 4.69) is 0 Å². The van der Waals surface area contributed by atoms with Gasteiger partial charge in [-0.3, -0.25) is 4.79 Å². The third-order valence-electron chi connectivity index (χ3n) is 7.22. The summed E-state index contributed by atoms with van der Waals surface area (Å²) in [7, 11) is -2.08. The lowest BCUT2D eigenvalue weighted by Gasteiger charge is -2.33. The largest absolute Gasteiger partial charge is 0.468 e. The van der Waals surface area contributed by atoms with Crippen LogP contribution < -0.4 is 0 Å². The Morgan fingerprint density at radius 1 is 1.06 bits per heavy atom. The molecule has 2 aromatic heterocycles. The van der Waals surface area contributed by atoms with Crippen LogP contribution in [0.1, 0.15) is 78.9 Å². The van der Waals surface area contributed by atoms with Crippen LogP contribution in [0.3, 0.4) is 0 Å². The highest BCUT2D eigenvalue weighted by Crippen LogP contribution is 2.35. The first-order valence-corrected chi connectivity index (χ1v) is 13.3. The van der Waals surface area contributed by atoms with Crippen LogP contribution in [0.2, 0.25) is 0 Å². The standard InChI is InChI=1S/C24H35N3O4S/c1-18-22(24(28)26-14-8-5-9-15-26)23(19(2)25(18)3)32(29,30)27(17-21-13-10-16-31-21)20-11-6-4-7-12-20/h10,13,16,20H,4-9,11-12,14-15,17H2,1-3H3. The van der Waals surface area contributed by atoms with Crippen molar-refractivity contribution in [3.8, 4) is 0 Å². The van der Waals surface area contributed by atoms with Gasteiger partial charge < -0.3 is 13.9 Å². The van der Waals surface area contributed by atoms with Gasteiger partial charge in [-0.2, -0.15) is 4.31 Å². The Hall–Kier alpha value is -2.06. The molecule has 1 aliphatic heterocycles. The summed E-state index contributed by atoms with van der Waals surface area (Å²) in [6.45, 7) is 5.21. The molecule has 0 unspecified atom stereocenters. The molecular weight excluding hydrogens is 426 g/mol. The average molecular weight is 462 g/mol. The highest BCUT2D eigenvalue weighted by atomic mass is 32.2. The minimum Gasteiger partial charge on any atom is -0.468 e. The molecule has 0 bridgehead atoms. The zero-order valence-electron chi connectivity index (χ0n) is 19.5. The molecule has 2 fully saturated rings. The Balaban J connectivity index is 1.79. The van der Waals surface area contributed by atoms with Crippen LogP contribution in [-0.4, -0.2) is 47.2 Å². The minimum absolute atomic E-state index is 0.0864. The number of nitrogens with zero attached hydrogens (tertiary/aromatic N) is 3. The Labute approximate surface area is 191 Å². The van der Waals surface area contributed by atoms with Gasteiger partial charge in [-0.05, 0) is 58.1 Å². The zero-order chi connectivity index (χ0) is 22.9. The fraction of sp³-hybridized carbons (Fsp3) is 0.625. The van der Waals surface area contributed by atoms with Gasteiger partial charge in [0.1, 0.15) is 10.7 Å². The molecule has 0 spiro atoms. The van der Waals surface area contributed by atoms with E-state index in [1.54, 1.807) is 23.6 Å². The van der Waals surface area contributed by atoms with Crippen LogP contribution in [0.5, 0.6) is 0 Å². The number of carbonyl (C=O) groups excluding carboxylic acids is 1. The quantitative estimate of drug-likeness (QED) is 0.640. The molecule has 2 aliphatic rings. The number of amides is 1. The van der Waals surface area contributed by atoms with Crippen molar-refractivity contribution in [1.82, 2.24) is 13.8 Å². The maximum atomic E-state index is 14.3. The second-order valence-electron chi connectivity index (χ2n) is 9.21. The van der Waals surface area contributed by atoms with Crippen molar-refractivity contribution < 1.29 is 17.6 Å². The van der Waals surface area contributed by atoms with Gasteiger partial charge in [0.2, 0.25) is 10.0 Å². The molecule has 4 rings (SSSR count). The van der Waals surface area contributed by atoms with Crippen LogP contribution in [0.25, 0.3) is 0 Å². The number of carbonyl (C=O) groups is 1. The van der Waals surface area contributed by atoms with Gasteiger partial charge in [-0.15, -0.1) is 0 Å². The van der Waals surface area contributed by atoms with Gasteiger partial charge in [0, 0.05) is 37.6 Å². The Morgan fingerprint density at radius 2 is 1.72 bits per heavy atom. The lowest BCUT2D eigenvalue weighted by atomic mass is 9.95. The van der Waals surface area contributed by atoms with E-state index in [-0.39, 0.29) is 23.4 Å². The number of rotatable bonds is 6. The number of hydrogen-bond acceptors (Lipinski definition) is 4. The number of furan rings is 1. The smallest absolute Gasteiger partial charge is 0.257 e. The topological polar surface area (TPSA) is 75.8 Å². The normalized spacial score (nSPS) is 18.4. The SMILES string of the molecule is Cc1c(C(=O)N2CCCCC2)c(S(=O)(=O)N(Cc2ccco2)C2CCCCC2)c(C)n1C. The van der Waals surface area contributed by atoms with E-state index in [1.807, 2.05) is 29.5 Å². The number of piperidine rings is 1. The molecule has 1 saturated carbocycles. The van der Waals surface area contributed by atoms with Crippen molar-refractivity contribution >= 4 is 15.9 Å². The van der Waals surface area contributed by atoms with Crippen molar-refractivity contribution in [3.05, 3.63) is 41.1 Å². The van der Waals surface area contributed by atoms with E-state index in [9.17, 15) is 13.2 Å². The van der Waals surface area contributed by atoms with Crippen LogP contribution in [-0.2, 0) is 23.6 Å². The summed E-state index contributed by atoms with van der Waals surface area (Å²) >= 11 is 0. The van der Waals surface area contributed by atoms with Crippen LogP contribution in [0.15, 0.2) is 27.7 Å². The van der Waals surface area contributed by atoms with E-state index in [4.69, 9.17) is 4.42 Å². The van der Waals surface area contributed by atoms with Gasteiger partial charge in [-0.1, -0.05) is 19.3 Å². The van der Waals surface area contributed by atoms with Gasteiger partial charge in [-0.25, -0.2) is 8.42 Å². The number of aromatic nitrogens is 1. The molecule has 176 valence electrons. The summed E-state index contributed by atoms with van der Waals surface area (Å²) in [6, 6.07) is 3.51. The third-order valence-corrected chi connectivity index (χ3v) is 9.28. The second-order valence-corrected chi connectivity index (χ2v) is 11.0. The maximum Gasteiger partial charge on any atom is 0.257 e.